The zero-order valence-corrected chi connectivity index (χ0v) is 40.1. The number of hydrogen-bond donors (Lipinski definition) is 3. The number of likely N-dealkylation sites (tertiary alicyclic amines) is 2. The van der Waals surface area contributed by atoms with Crippen LogP contribution in [0.15, 0.2) is 60.7 Å². The fourth-order valence-corrected chi connectivity index (χ4v) is 7.85. The van der Waals surface area contributed by atoms with Crippen LogP contribution in [0.2, 0.25) is 0 Å². The van der Waals surface area contributed by atoms with Crippen molar-refractivity contribution in [3.05, 3.63) is 71.8 Å². The van der Waals surface area contributed by atoms with Crippen molar-refractivity contribution in [2.45, 2.75) is 129 Å². The summed E-state index contributed by atoms with van der Waals surface area (Å²) < 4.78 is 26.9. The van der Waals surface area contributed by atoms with Crippen molar-refractivity contribution in [1.82, 2.24) is 66.2 Å². The predicted octanol–water partition coefficient (Wildman–Crippen LogP) is 1.55. The molecular weight excluding hydrogens is 887 g/mol. The molecule has 0 saturated carbocycles. The number of nitrogens with zero attached hydrogens (tertiary/aromatic N) is 10. The van der Waals surface area contributed by atoms with Crippen LogP contribution in [-0.4, -0.2) is 150 Å². The van der Waals surface area contributed by atoms with E-state index >= 15 is 0 Å². The second kappa shape index (κ2) is 26.0. The van der Waals surface area contributed by atoms with Crippen LogP contribution < -0.4 is 25.4 Å². The lowest BCUT2D eigenvalue weighted by Gasteiger charge is -2.32. The smallest absolute Gasteiger partial charge is 0.335 e. The van der Waals surface area contributed by atoms with Crippen LogP contribution in [0.1, 0.15) is 71.4 Å². The minimum atomic E-state index is -1.02. The summed E-state index contributed by atoms with van der Waals surface area (Å²) in [7, 11) is 1.66. The standard InChI is InChI=1S/C48H63N13O8/c1-33(2)43(62)50-41(45(64)58-25-17-23-39(58)29-60-47(52-54-56-60)68-31-37-19-11-9-12-20-37)35(4)66-27-15-7-8-16-28-67-36(5)42(51-44(63)34(3)49-6)46(65)59-26-18-24-40(59)30-61-48(53-55-57-61)69-32-38-21-13-10-14-22-38/h9-14,19-22,33-36,39-42,49H,17-18,23-32H2,1-6H3,(H,50,62)(H,51,63)/t34-,35+,36?,39?,40-,41-,42-/m0/s1. The largest absolute Gasteiger partial charge is 0.458 e. The van der Waals surface area contributed by atoms with Gasteiger partial charge in [0.15, 0.2) is 0 Å². The summed E-state index contributed by atoms with van der Waals surface area (Å²) in [4.78, 5) is 58.0. The van der Waals surface area contributed by atoms with Gasteiger partial charge in [0, 0.05) is 19.0 Å². The Morgan fingerprint density at radius 3 is 1.51 bits per heavy atom. The molecule has 0 bridgehead atoms. The molecule has 4 heterocycles. The molecule has 2 fully saturated rings. The van der Waals surface area contributed by atoms with Crippen LogP contribution in [-0.2, 0) is 55.0 Å². The number of rotatable bonds is 23. The van der Waals surface area contributed by atoms with Gasteiger partial charge in [-0.25, -0.2) is 0 Å². The van der Waals surface area contributed by atoms with E-state index in [1.807, 2.05) is 60.7 Å². The Hall–Kier alpha value is -6.94. The summed E-state index contributed by atoms with van der Waals surface area (Å²) in [6.07, 6.45) is 1.45. The molecule has 6 rings (SSSR count). The predicted molar refractivity (Wildman–Crippen MR) is 250 cm³/mol. The summed E-state index contributed by atoms with van der Waals surface area (Å²) in [5.41, 5.74) is 1.93. The van der Waals surface area contributed by atoms with Crippen molar-refractivity contribution in [2.24, 2.45) is 5.92 Å². The third-order valence-electron chi connectivity index (χ3n) is 12.0. The number of ether oxygens (including phenoxy) is 4. The van der Waals surface area contributed by atoms with E-state index in [4.69, 9.17) is 18.9 Å². The van der Waals surface area contributed by atoms with Crippen molar-refractivity contribution < 1.29 is 38.1 Å². The maximum Gasteiger partial charge on any atom is 0.335 e. The Morgan fingerprint density at radius 1 is 0.652 bits per heavy atom. The molecule has 368 valence electrons. The maximum absolute atomic E-state index is 14.2. The van der Waals surface area contributed by atoms with Gasteiger partial charge < -0.3 is 44.7 Å². The van der Waals surface area contributed by atoms with E-state index in [1.165, 1.54) is 0 Å². The van der Waals surface area contributed by atoms with E-state index < -0.39 is 30.3 Å². The lowest BCUT2D eigenvalue weighted by Crippen LogP contribution is -2.58. The number of amides is 4. The lowest BCUT2D eigenvalue weighted by atomic mass is 10.1. The molecular formula is C48H63N13O8. The van der Waals surface area contributed by atoms with E-state index in [0.717, 1.165) is 24.0 Å². The number of aromatic nitrogens is 8. The average molecular weight is 950 g/mol. The number of nitrogens with one attached hydrogen (secondary N) is 3. The van der Waals surface area contributed by atoms with E-state index in [1.54, 1.807) is 60.8 Å². The van der Waals surface area contributed by atoms with Crippen LogP contribution in [0.3, 0.4) is 0 Å². The molecule has 7 atom stereocenters. The first-order valence-electron chi connectivity index (χ1n) is 23.4. The first-order valence-corrected chi connectivity index (χ1v) is 23.4. The highest BCUT2D eigenvalue weighted by atomic mass is 16.5. The highest BCUT2D eigenvalue weighted by Crippen LogP contribution is 2.24. The highest BCUT2D eigenvalue weighted by Gasteiger charge is 2.39. The third-order valence-corrected chi connectivity index (χ3v) is 12.0. The summed E-state index contributed by atoms with van der Waals surface area (Å²) >= 11 is 0. The number of carbonyl (C=O) groups excluding carboxylic acids is 4. The number of tetrazole rings is 2. The Bertz CT molecular complexity index is 2410. The van der Waals surface area contributed by atoms with E-state index in [0.29, 0.717) is 39.0 Å². The Kier molecular flexibility index (Phi) is 19.4. The number of likely N-dealkylation sites (N-methyl/N-ethyl adjacent to an activating group) is 1. The molecule has 4 amide bonds. The van der Waals surface area contributed by atoms with E-state index in [2.05, 4.69) is 70.7 Å². The van der Waals surface area contributed by atoms with Gasteiger partial charge in [0.2, 0.25) is 23.6 Å². The fraction of sp³-hybridized carbons (Fsp3) is 0.542. The zero-order chi connectivity index (χ0) is 49.1. The summed E-state index contributed by atoms with van der Waals surface area (Å²) in [5.74, 6) is 9.59. The van der Waals surface area contributed by atoms with Crippen LogP contribution in [0, 0.1) is 29.6 Å². The molecule has 0 aliphatic carbocycles. The Labute approximate surface area is 402 Å². The molecule has 2 aromatic heterocycles. The molecule has 4 aromatic rings. The van der Waals surface area contributed by atoms with Crippen LogP contribution in [0.25, 0.3) is 0 Å². The second-order valence-electron chi connectivity index (χ2n) is 17.3. The van der Waals surface area contributed by atoms with Gasteiger partial charge in [-0.15, -0.1) is 0 Å². The highest BCUT2D eigenvalue weighted by molar-refractivity contribution is 5.90. The van der Waals surface area contributed by atoms with Gasteiger partial charge in [-0.2, -0.15) is 9.36 Å². The first kappa shape index (κ1) is 51.5. The first-order chi connectivity index (χ1) is 33.4. The minimum Gasteiger partial charge on any atom is -0.458 e. The van der Waals surface area contributed by atoms with Crippen molar-refractivity contribution >= 4 is 23.6 Å². The summed E-state index contributed by atoms with van der Waals surface area (Å²) in [6.45, 7) is 10.6. The second-order valence-corrected chi connectivity index (χ2v) is 17.3. The maximum atomic E-state index is 14.2. The van der Waals surface area contributed by atoms with Crippen molar-refractivity contribution in [3.8, 4) is 35.7 Å². The number of benzene rings is 2. The van der Waals surface area contributed by atoms with Gasteiger partial charge >= 0.3 is 12.0 Å². The Balaban J connectivity index is 1.02. The van der Waals surface area contributed by atoms with Gasteiger partial charge in [0.1, 0.15) is 38.5 Å². The molecule has 3 N–H and O–H groups in total. The SMILES string of the molecule is CN[C@@H](C)C(=O)N[C@H](C(=O)N1CCC[C@H]1Cn1nnnc1OCc1ccccc1)C(C)OCC#CC#CCO[C@H](C)[C@H](NC(=O)C(C)C)C(=O)N1CCCC1Cn1nnnc1OCc1ccccc1. The third kappa shape index (κ3) is 14.8. The topological polar surface area (TPSA) is 235 Å². The molecule has 0 spiro atoms. The van der Waals surface area contributed by atoms with Gasteiger partial charge in [-0.3, -0.25) is 19.2 Å². The molecule has 2 aliphatic rings. The normalized spacial score (nSPS) is 17.7. The fourth-order valence-electron chi connectivity index (χ4n) is 7.85. The van der Waals surface area contributed by atoms with E-state index in [-0.39, 0.29) is 80.1 Å². The number of hydrogen-bond acceptors (Lipinski definition) is 15. The van der Waals surface area contributed by atoms with Crippen molar-refractivity contribution in [3.63, 3.8) is 0 Å². The van der Waals surface area contributed by atoms with Gasteiger partial charge in [-0.1, -0.05) is 96.5 Å². The minimum absolute atomic E-state index is 0.0703. The molecule has 69 heavy (non-hydrogen) atoms. The van der Waals surface area contributed by atoms with E-state index in [9.17, 15) is 19.2 Å². The lowest BCUT2D eigenvalue weighted by molar-refractivity contribution is -0.142. The molecule has 2 unspecified atom stereocenters. The Morgan fingerprint density at radius 2 is 1.09 bits per heavy atom. The molecule has 2 saturated heterocycles. The number of carbonyl (C=O) groups is 4. The molecule has 21 nitrogen and oxygen atoms in total. The van der Waals surface area contributed by atoms with Gasteiger partial charge in [-0.05, 0) is 97.3 Å². The quantitative estimate of drug-likeness (QED) is 0.0896. The zero-order valence-electron chi connectivity index (χ0n) is 40.1. The van der Waals surface area contributed by atoms with Crippen LogP contribution >= 0.6 is 0 Å². The van der Waals surface area contributed by atoms with Gasteiger partial charge in [0.25, 0.3) is 0 Å². The van der Waals surface area contributed by atoms with Crippen LogP contribution in [0.5, 0.6) is 12.0 Å². The monoisotopic (exact) mass is 949 g/mol. The molecule has 2 aromatic carbocycles. The molecule has 2 aliphatic heterocycles. The molecule has 0 radical (unpaired) electrons. The summed E-state index contributed by atoms with van der Waals surface area (Å²) in [5, 5.41) is 32.6. The summed E-state index contributed by atoms with van der Waals surface area (Å²) in [6, 6.07) is 16.8. The molecule has 21 heteroatoms. The van der Waals surface area contributed by atoms with Crippen molar-refractivity contribution in [1.29, 1.82) is 0 Å². The average Bonchev–Trinajstić information content (AvgIpc) is 4.21. The van der Waals surface area contributed by atoms with Crippen molar-refractivity contribution in [2.75, 3.05) is 33.4 Å². The van der Waals surface area contributed by atoms with Crippen LogP contribution in [0.4, 0.5) is 0 Å². The van der Waals surface area contributed by atoms with Gasteiger partial charge in [0.05, 0.1) is 43.4 Å².